The molecule has 88 valence electrons. The second kappa shape index (κ2) is 4.74. The molecule has 6 heteroatoms. The third kappa shape index (κ3) is 3.41. The SMILES string of the molecule is NC(=O)CCc1ccc(Cl)c(C(F)(F)F)c1. The first-order valence-corrected chi connectivity index (χ1v) is 4.82. The van der Waals surface area contributed by atoms with Crippen LogP contribution >= 0.6 is 11.6 Å². The second-order valence-electron chi connectivity index (χ2n) is 3.28. The minimum absolute atomic E-state index is 0.0128. The van der Waals surface area contributed by atoms with Gasteiger partial charge in [0, 0.05) is 6.42 Å². The van der Waals surface area contributed by atoms with Gasteiger partial charge in [-0.25, -0.2) is 0 Å². The van der Waals surface area contributed by atoms with Gasteiger partial charge in [0.2, 0.25) is 5.91 Å². The molecule has 0 fully saturated rings. The van der Waals surface area contributed by atoms with Crippen molar-refractivity contribution in [1.29, 1.82) is 0 Å². The number of nitrogens with two attached hydrogens (primary N) is 1. The molecule has 0 bridgehead atoms. The first kappa shape index (κ1) is 12.8. The summed E-state index contributed by atoms with van der Waals surface area (Å²) < 4.78 is 37.4. The molecule has 1 rings (SSSR count). The number of halogens is 4. The van der Waals surface area contributed by atoms with Crippen LogP contribution in [0.4, 0.5) is 13.2 Å². The second-order valence-corrected chi connectivity index (χ2v) is 3.69. The van der Waals surface area contributed by atoms with Gasteiger partial charge in [0.25, 0.3) is 0 Å². The van der Waals surface area contributed by atoms with Crippen molar-refractivity contribution in [3.8, 4) is 0 Å². The van der Waals surface area contributed by atoms with Gasteiger partial charge < -0.3 is 5.73 Å². The summed E-state index contributed by atoms with van der Waals surface area (Å²) in [6, 6.07) is 3.55. The quantitative estimate of drug-likeness (QED) is 0.882. The van der Waals surface area contributed by atoms with Gasteiger partial charge in [-0.05, 0) is 24.1 Å². The van der Waals surface area contributed by atoms with Gasteiger partial charge in [0.1, 0.15) is 0 Å². The van der Waals surface area contributed by atoms with Gasteiger partial charge >= 0.3 is 6.18 Å². The molecule has 16 heavy (non-hydrogen) atoms. The molecule has 2 nitrogen and oxygen atoms in total. The number of carbonyl (C=O) groups is 1. The van der Waals surface area contributed by atoms with Gasteiger partial charge in [-0.2, -0.15) is 13.2 Å². The molecule has 0 saturated carbocycles. The van der Waals surface area contributed by atoms with Crippen LogP contribution in [-0.2, 0) is 17.4 Å². The van der Waals surface area contributed by atoms with Crippen molar-refractivity contribution < 1.29 is 18.0 Å². The van der Waals surface area contributed by atoms with Gasteiger partial charge in [-0.1, -0.05) is 17.7 Å². The predicted octanol–water partition coefficient (Wildman–Crippen LogP) is 2.78. The highest BCUT2D eigenvalue weighted by atomic mass is 35.5. The number of alkyl halides is 3. The lowest BCUT2D eigenvalue weighted by Gasteiger charge is -2.10. The van der Waals surface area contributed by atoms with Gasteiger partial charge in [0.15, 0.2) is 0 Å². The van der Waals surface area contributed by atoms with E-state index in [-0.39, 0.29) is 17.9 Å². The van der Waals surface area contributed by atoms with Crippen molar-refractivity contribution in [3.63, 3.8) is 0 Å². The van der Waals surface area contributed by atoms with E-state index < -0.39 is 17.6 Å². The molecule has 0 spiro atoms. The lowest BCUT2D eigenvalue weighted by Crippen LogP contribution is -2.12. The van der Waals surface area contributed by atoms with Crippen LogP contribution in [0.2, 0.25) is 5.02 Å². The highest BCUT2D eigenvalue weighted by molar-refractivity contribution is 6.31. The molecule has 0 aromatic heterocycles. The molecule has 0 unspecified atom stereocenters. The third-order valence-electron chi connectivity index (χ3n) is 2.00. The van der Waals surface area contributed by atoms with Crippen LogP contribution in [0.3, 0.4) is 0 Å². The van der Waals surface area contributed by atoms with Crippen molar-refractivity contribution >= 4 is 17.5 Å². The van der Waals surface area contributed by atoms with E-state index in [1.807, 2.05) is 0 Å². The van der Waals surface area contributed by atoms with Crippen LogP contribution < -0.4 is 5.73 Å². The van der Waals surface area contributed by atoms with E-state index in [1.165, 1.54) is 12.1 Å². The van der Waals surface area contributed by atoms with Crippen LogP contribution in [0.15, 0.2) is 18.2 Å². The van der Waals surface area contributed by atoms with E-state index in [0.717, 1.165) is 6.07 Å². The summed E-state index contributed by atoms with van der Waals surface area (Å²) in [7, 11) is 0. The maximum Gasteiger partial charge on any atom is 0.417 e. The van der Waals surface area contributed by atoms with Gasteiger partial charge in [-0.3, -0.25) is 4.79 Å². The highest BCUT2D eigenvalue weighted by Gasteiger charge is 2.33. The van der Waals surface area contributed by atoms with E-state index in [2.05, 4.69) is 0 Å². The van der Waals surface area contributed by atoms with E-state index in [4.69, 9.17) is 17.3 Å². The number of rotatable bonds is 3. The standard InChI is InChI=1S/C10H9ClF3NO/c11-8-3-1-6(2-4-9(15)16)5-7(8)10(12,13)14/h1,3,5H,2,4H2,(H2,15,16). The Balaban J connectivity index is 2.94. The molecular weight excluding hydrogens is 243 g/mol. The van der Waals surface area contributed by atoms with E-state index >= 15 is 0 Å². The third-order valence-corrected chi connectivity index (χ3v) is 2.33. The molecule has 1 amide bonds. The molecule has 0 saturated heterocycles. The van der Waals surface area contributed by atoms with Crippen molar-refractivity contribution in [2.24, 2.45) is 5.73 Å². The summed E-state index contributed by atoms with van der Waals surface area (Å²) in [6.45, 7) is 0. The Bertz CT molecular complexity index is 404. The van der Waals surface area contributed by atoms with Crippen molar-refractivity contribution in [2.75, 3.05) is 0 Å². The summed E-state index contributed by atoms with van der Waals surface area (Å²) in [5, 5.41) is -0.352. The summed E-state index contributed by atoms with van der Waals surface area (Å²) in [5.74, 6) is -0.552. The maximum atomic E-state index is 12.5. The van der Waals surface area contributed by atoms with Crippen LogP contribution in [0.25, 0.3) is 0 Å². The number of primary amides is 1. The molecule has 0 aliphatic carbocycles. The average molecular weight is 252 g/mol. The first-order valence-electron chi connectivity index (χ1n) is 4.44. The Hall–Kier alpha value is -1.23. The number of carbonyl (C=O) groups excluding carboxylic acids is 1. The smallest absolute Gasteiger partial charge is 0.370 e. The van der Waals surface area contributed by atoms with E-state index in [9.17, 15) is 18.0 Å². The Morgan fingerprint density at radius 2 is 2.00 bits per heavy atom. The normalized spacial score (nSPS) is 11.5. The number of benzene rings is 1. The lowest BCUT2D eigenvalue weighted by atomic mass is 10.1. The monoisotopic (exact) mass is 251 g/mol. The largest absolute Gasteiger partial charge is 0.417 e. The van der Waals surface area contributed by atoms with Crippen LogP contribution in [0.5, 0.6) is 0 Å². The number of hydrogen-bond acceptors (Lipinski definition) is 1. The summed E-state index contributed by atoms with van der Waals surface area (Å²) in [4.78, 5) is 10.5. The van der Waals surface area contributed by atoms with Crippen molar-refractivity contribution in [2.45, 2.75) is 19.0 Å². The molecule has 1 aromatic carbocycles. The molecule has 0 aliphatic rings. The molecule has 1 aromatic rings. The minimum atomic E-state index is -4.49. The van der Waals surface area contributed by atoms with Crippen molar-refractivity contribution in [1.82, 2.24) is 0 Å². The van der Waals surface area contributed by atoms with Crippen LogP contribution in [0.1, 0.15) is 17.5 Å². The lowest BCUT2D eigenvalue weighted by molar-refractivity contribution is -0.137. The summed E-state index contributed by atoms with van der Waals surface area (Å²) in [5.41, 5.74) is 4.40. The first-order chi connectivity index (χ1) is 7.30. The maximum absolute atomic E-state index is 12.5. The molecule has 0 atom stereocenters. The zero-order chi connectivity index (χ0) is 12.3. The number of hydrogen-bond donors (Lipinski definition) is 1. The fourth-order valence-corrected chi connectivity index (χ4v) is 1.44. The molecule has 0 radical (unpaired) electrons. The number of amides is 1. The topological polar surface area (TPSA) is 43.1 Å². The average Bonchev–Trinajstić information content (AvgIpc) is 2.14. The van der Waals surface area contributed by atoms with Crippen LogP contribution in [0, 0.1) is 0 Å². The molecular formula is C10H9ClF3NO. The Labute approximate surface area is 95.2 Å². The zero-order valence-electron chi connectivity index (χ0n) is 8.14. The van der Waals surface area contributed by atoms with E-state index in [0.29, 0.717) is 5.56 Å². The van der Waals surface area contributed by atoms with Gasteiger partial charge in [-0.15, -0.1) is 0 Å². The van der Waals surface area contributed by atoms with E-state index in [1.54, 1.807) is 0 Å². The fourth-order valence-electron chi connectivity index (χ4n) is 1.21. The highest BCUT2D eigenvalue weighted by Crippen LogP contribution is 2.35. The minimum Gasteiger partial charge on any atom is -0.370 e. The Morgan fingerprint density at radius 3 is 2.50 bits per heavy atom. The summed E-state index contributed by atoms with van der Waals surface area (Å²) in [6.07, 6.45) is -4.30. The van der Waals surface area contributed by atoms with Crippen molar-refractivity contribution in [3.05, 3.63) is 34.3 Å². The molecule has 0 aliphatic heterocycles. The zero-order valence-corrected chi connectivity index (χ0v) is 8.90. The van der Waals surface area contributed by atoms with Gasteiger partial charge in [0.05, 0.1) is 10.6 Å². The Morgan fingerprint density at radius 1 is 1.38 bits per heavy atom. The summed E-state index contributed by atoms with van der Waals surface area (Å²) >= 11 is 5.43. The number of aryl methyl sites for hydroxylation is 1. The molecule has 0 heterocycles. The fraction of sp³-hybridized carbons (Fsp3) is 0.300. The molecule has 2 N–H and O–H groups in total. The van der Waals surface area contributed by atoms with Crippen LogP contribution in [-0.4, -0.2) is 5.91 Å². The Kier molecular flexibility index (Phi) is 3.80. The predicted molar refractivity (Wildman–Crippen MR) is 54.0 cm³/mol.